The van der Waals surface area contributed by atoms with Crippen molar-refractivity contribution in [2.24, 2.45) is 16.1 Å². The summed E-state index contributed by atoms with van der Waals surface area (Å²) in [4.78, 5) is 26.0. The normalized spacial score (nSPS) is 28.1. The highest BCUT2D eigenvalue weighted by Crippen LogP contribution is 2.40. The summed E-state index contributed by atoms with van der Waals surface area (Å²) in [5.74, 6) is -0.299. The fourth-order valence-corrected chi connectivity index (χ4v) is 2.61. The second-order valence-corrected chi connectivity index (χ2v) is 5.03. The first-order valence-electron chi connectivity index (χ1n) is 6.58. The van der Waals surface area contributed by atoms with Gasteiger partial charge in [-0.3, -0.25) is 9.59 Å². The topological polar surface area (TPSA) is 71.3 Å². The monoisotopic (exact) mass is 273 g/mol. The summed E-state index contributed by atoms with van der Waals surface area (Å²) in [6.07, 6.45) is 0. The number of ether oxygens (including phenoxy) is 1. The lowest BCUT2D eigenvalue weighted by molar-refractivity contribution is -0.122. The lowest BCUT2D eigenvalue weighted by Gasteiger charge is -2.17. The number of carbonyl (C=O) groups is 2. The van der Waals surface area contributed by atoms with Gasteiger partial charge in [0.15, 0.2) is 5.54 Å². The largest absolute Gasteiger partial charge is 0.494 e. The molecule has 1 aromatic rings. The molecule has 1 fully saturated rings. The number of fused-ring (bicyclic) bond motifs is 1. The van der Waals surface area contributed by atoms with E-state index in [0.717, 1.165) is 0 Å². The number of azo groups is 1. The van der Waals surface area contributed by atoms with Crippen LogP contribution in [0.5, 0.6) is 5.75 Å². The minimum Gasteiger partial charge on any atom is -0.494 e. The molecule has 104 valence electrons. The van der Waals surface area contributed by atoms with Gasteiger partial charge in [0.2, 0.25) is 5.91 Å². The van der Waals surface area contributed by atoms with Crippen molar-refractivity contribution in [3.63, 3.8) is 0 Å². The fourth-order valence-electron chi connectivity index (χ4n) is 2.61. The molecule has 0 bridgehead atoms. The van der Waals surface area contributed by atoms with Gasteiger partial charge in [-0.15, -0.1) is 0 Å². The molecule has 2 amide bonds. The van der Waals surface area contributed by atoms with E-state index >= 15 is 0 Å². The molecule has 2 atom stereocenters. The van der Waals surface area contributed by atoms with Gasteiger partial charge in [-0.25, -0.2) is 4.90 Å². The van der Waals surface area contributed by atoms with E-state index in [-0.39, 0.29) is 18.4 Å². The van der Waals surface area contributed by atoms with E-state index in [1.165, 1.54) is 4.90 Å². The number of hydrogen-bond acceptors (Lipinski definition) is 5. The van der Waals surface area contributed by atoms with Gasteiger partial charge in [-0.05, 0) is 38.1 Å². The summed E-state index contributed by atoms with van der Waals surface area (Å²) in [7, 11) is 0. The Morgan fingerprint density at radius 2 is 2.05 bits per heavy atom. The lowest BCUT2D eigenvalue weighted by atomic mass is 9.90. The van der Waals surface area contributed by atoms with Crippen molar-refractivity contribution in [3.8, 4) is 5.75 Å². The molecule has 2 aliphatic heterocycles. The minimum absolute atomic E-state index is 0.230. The molecular weight excluding hydrogens is 258 g/mol. The maximum atomic E-state index is 12.5. The van der Waals surface area contributed by atoms with Crippen LogP contribution in [0, 0.1) is 5.92 Å². The number of benzene rings is 1. The van der Waals surface area contributed by atoms with Crippen LogP contribution in [0.2, 0.25) is 0 Å². The van der Waals surface area contributed by atoms with Crippen LogP contribution in [0.4, 0.5) is 5.69 Å². The smallest absolute Gasteiger partial charge is 0.264 e. The van der Waals surface area contributed by atoms with Gasteiger partial charge in [0, 0.05) is 0 Å². The maximum Gasteiger partial charge on any atom is 0.264 e. The Kier molecular flexibility index (Phi) is 2.81. The standard InChI is InChI=1S/C14H15N3O3/c1-3-20-10-6-4-9(5-7-10)17-12(18)11-8-15-16-14(11,2)13(17)19/h4-7,11H,3,8H2,1-2H3. The third-order valence-corrected chi connectivity index (χ3v) is 3.78. The molecule has 20 heavy (non-hydrogen) atoms. The van der Waals surface area contributed by atoms with E-state index in [4.69, 9.17) is 4.74 Å². The average Bonchev–Trinajstić information content (AvgIpc) is 2.91. The van der Waals surface area contributed by atoms with Crippen LogP contribution < -0.4 is 9.64 Å². The van der Waals surface area contributed by atoms with Gasteiger partial charge in [0.1, 0.15) is 5.75 Å². The molecule has 6 heteroatoms. The van der Waals surface area contributed by atoms with Crippen LogP contribution in [0.15, 0.2) is 34.5 Å². The van der Waals surface area contributed by atoms with Crippen molar-refractivity contribution in [1.29, 1.82) is 0 Å². The van der Waals surface area contributed by atoms with E-state index in [9.17, 15) is 9.59 Å². The van der Waals surface area contributed by atoms with E-state index < -0.39 is 11.5 Å². The molecule has 2 aliphatic rings. The van der Waals surface area contributed by atoms with Crippen LogP contribution in [-0.4, -0.2) is 30.5 Å². The molecule has 0 aliphatic carbocycles. The maximum absolute atomic E-state index is 12.5. The van der Waals surface area contributed by atoms with Crippen LogP contribution in [0.1, 0.15) is 13.8 Å². The Bertz CT molecular complexity index is 596. The molecule has 0 radical (unpaired) electrons. The van der Waals surface area contributed by atoms with E-state index in [2.05, 4.69) is 10.2 Å². The Morgan fingerprint density at radius 3 is 2.65 bits per heavy atom. The van der Waals surface area contributed by atoms with Gasteiger partial charge in [-0.1, -0.05) is 0 Å². The Hall–Kier alpha value is -2.24. The third kappa shape index (κ3) is 1.64. The molecule has 6 nitrogen and oxygen atoms in total. The Balaban J connectivity index is 1.93. The fraction of sp³-hybridized carbons (Fsp3) is 0.429. The number of anilines is 1. The molecule has 2 unspecified atom stereocenters. The van der Waals surface area contributed by atoms with E-state index in [0.29, 0.717) is 18.0 Å². The predicted molar refractivity (Wildman–Crippen MR) is 71.7 cm³/mol. The minimum atomic E-state index is -1.03. The van der Waals surface area contributed by atoms with Crippen LogP contribution in [-0.2, 0) is 9.59 Å². The highest BCUT2D eigenvalue weighted by atomic mass is 16.5. The summed E-state index contributed by atoms with van der Waals surface area (Å²) in [5.41, 5.74) is -0.482. The summed E-state index contributed by atoms with van der Waals surface area (Å²) >= 11 is 0. The molecule has 2 heterocycles. The van der Waals surface area contributed by atoms with Gasteiger partial charge >= 0.3 is 0 Å². The van der Waals surface area contributed by atoms with Crippen LogP contribution in [0.25, 0.3) is 0 Å². The molecule has 0 aromatic heterocycles. The average molecular weight is 273 g/mol. The van der Waals surface area contributed by atoms with Crippen molar-refractivity contribution < 1.29 is 14.3 Å². The van der Waals surface area contributed by atoms with Crippen molar-refractivity contribution in [2.45, 2.75) is 19.4 Å². The van der Waals surface area contributed by atoms with Crippen molar-refractivity contribution in [1.82, 2.24) is 0 Å². The van der Waals surface area contributed by atoms with Gasteiger partial charge in [0.25, 0.3) is 5.91 Å². The zero-order valence-electron chi connectivity index (χ0n) is 11.4. The van der Waals surface area contributed by atoms with Crippen molar-refractivity contribution in [3.05, 3.63) is 24.3 Å². The molecule has 1 aromatic carbocycles. The summed E-state index contributed by atoms with van der Waals surface area (Å²) in [6.45, 7) is 4.42. The first-order chi connectivity index (χ1) is 9.58. The first kappa shape index (κ1) is 12.8. The van der Waals surface area contributed by atoms with E-state index in [1.54, 1.807) is 31.2 Å². The number of hydrogen-bond donors (Lipinski definition) is 0. The first-order valence-corrected chi connectivity index (χ1v) is 6.58. The summed E-state index contributed by atoms with van der Waals surface area (Å²) in [6, 6.07) is 6.92. The zero-order valence-corrected chi connectivity index (χ0v) is 11.4. The summed E-state index contributed by atoms with van der Waals surface area (Å²) < 4.78 is 5.35. The van der Waals surface area contributed by atoms with Crippen molar-refractivity contribution >= 4 is 17.5 Å². The number of amides is 2. The molecule has 3 rings (SSSR count). The lowest BCUT2D eigenvalue weighted by Crippen LogP contribution is -2.37. The van der Waals surface area contributed by atoms with Gasteiger partial charge in [0.05, 0.1) is 24.8 Å². The predicted octanol–water partition coefficient (Wildman–Crippen LogP) is 1.80. The highest BCUT2D eigenvalue weighted by Gasteiger charge is 2.59. The molecule has 0 saturated carbocycles. The SMILES string of the molecule is CCOc1ccc(N2C(=O)C3CN=NC3(C)C2=O)cc1. The van der Waals surface area contributed by atoms with E-state index in [1.807, 2.05) is 6.92 Å². The number of imide groups is 1. The molecule has 0 N–H and O–H groups in total. The number of rotatable bonds is 3. The zero-order chi connectivity index (χ0) is 14.3. The quantitative estimate of drug-likeness (QED) is 0.788. The number of nitrogens with zero attached hydrogens (tertiary/aromatic N) is 3. The Labute approximate surface area is 116 Å². The van der Waals surface area contributed by atoms with Crippen LogP contribution >= 0.6 is 0 Å². The van der Waals surface area contributed by atoms with Gasteiger partial charge < -0.3 is 4.74 Å². The summed E-state index contributed by atoms with van der Waals surface area (Å²) in [5, 5.41) is 7.82. The van der Waals surface area contributed by atoms with Crippen LogP contribution in [0.3, 0.4) is 0 Å². The third-order valence-electron chi connectivity index (χ3n) is 3.78. The molecule has 0 spiro atoms. The second kappa shape index (κ2) is 4.40. The Morgan fingerprint density at radius 1 is 1.35 bits per heavy atom. The molecular formula is C14H15N3O3. The van der Waals surface area contributed by atoms with Crippen molar-refractivity contribution in [2.75, 3.05) is 18.1 Å². The molecule has 1 saturated heterocycles. The highest BCUT2D eigenvalue weighted by molar-refractivity contribution is 6.25. The number of carbonyl (C=O) groups excluding carboxylic acids is 2. The van der Waals surface area contributed by atoms with Gasteiger partial charge in [-0.2, -0.15) is 10.2 Å². The second-order valence-electron chi connectivity index (χ2n) is 5.03.